The van der Waals surface area contributed by atoms with Crippen molar-refractivity contribution in [1.29, 1.82) is 0 Å². The Morgan fingerprint density at radius 3 is 3.00 bits per heavy atom. The highest BCUT2D eigenvalue weighted by Crippen LogP contribution is 1.92. The molecule has 0 saturated carbocycles. The number of allylic oxidation sites excluding steroid dienone is 1. The molecule has 0 spiro atoms. The Morgan fingerprint density at radius 2 is 2.43 bits per heavy atom. The molecule has 0 aromatic carbocycles. The van der Waals surface area contributed by atoms with Crippen LogP contribution in [0, 0.1) is 0 Å². The Bertz CT molecular complexity index is 420. The second-order valence-corrected chi connectivity index (χ2v) is 2.75. The lowest BCUT2D eigenvalue weighted by molar-refractivity contribution is -0.132. The average Bonchev–Trinajstić information content (AvgIpc) is 2.16. The molecule has 74 valence electrons. The monoisotopic (exact) mass is 194 g/mol. The second-order valence-electron chi connectivity index (χ2n) is 2.75. The summed E-state index contributed by atoms with van der Waals surface area (Å²) in [4.78, 5) is 25.0. The molecule has 1 N–H and O–H groups in total. The molecule has 5 nitrogen and oxygen atoms in total. The van der Waals surface area contributed by atoms with Gasteiger partial charge >= 0.3 is 11.7 Å². The Balaban J connectivity index is 2.81. The van der Waals surface area contributed by atoms with Crippen LogP contribution in [0.2, 0.25) is 0 Å². The Hall–Kier alpha value is -1.91. The van der Waals surface area contributed by atoms with Crippen molar-refractivity contribution in [1.82, 2.24) is 9.55 Å². The number of nitrogens with zero attached hydrogens (tertiary/aromatic N) is 2. The van der Waals surface area contributed by atoms with E-state index in [9.17, 15) is 9.59 Å². The van der Waals surface area contributed by atoms with Gasteiger partial charge in [-0.05, 0) is 13.0 Å². The van der Waals surface area contributed by atoms with Gasteiger partial charge in [0.25, 0.3) is 0 Å². The van der Waals surface area contributed by atoms with Gasteiger partial charge < -0.3 is 5.11 Å². The quantitative estimate of drug-likeness (QED) is 0.701. The third-order valence-electron chi connectivity index (χ3n) is 1.71. The summed E-state index contributed by atoms with van der Waals surface area (Å²) in [6, 6.07) is 1.62. The first-order chi connectivity index (χ1) is 6.61. The van der Waals surface area contributed by atoms with Crippen LogP contribution in [0.4, 0.5) is 0 Å². The molecule has 0 atom stereocenters. The van der Waals surface area contributed by atoms with Gasteiger partial charge in [0.2, 0.25) is 0 Å². The van der Waals surface area contributed by atoms with E-state index in [1.807, 2.05) is 0 Å². The van der Waals surface area contributed by atoms with Crippen molar-refractivity contribution >= 4 is 5.97 Å². The minimum Gasteiger partial charge on any atom is -0.478 e. The molecule has 14 heavy (non-hydrogen) atoms. The molecule has 0 aliphatic rings. The van der Waals surface area contributed by atoms with Crippen LogP contribution in [0.3, 0.4) is 0 Å². The normalized spacial score (nSPS) is 11.4. The molecule has 5 heteroatoms. The minimum atomic E-state index is -0.984. The Morgan fingerprint density at radius 1 is 1.71 bits per heavy atom. The number of aliphatic carboxylic acids is 1. The van der Waals surface area contributed by atoms with Crippen LogP contribution in [0.15, 0.2) is 34.9 Å². The highest BCUT2D eigenvalue weighted by atomic mass is 16.4. The maximum Gasteiger partial charge on any atom is 0.347 e. The number of aromatic nitrogens is 2. The van der Waals surface area contributed by atoms with Gasteiger partial charge in [-0.15, -0.1) is 0 Å². The van der Waals surface area contributed by atoms with E-state index in [4.69, 9.17) is 5.11 Å². The fraction of sp³-hybridized carbons (Fsp3) is 0.222. The minimum absolute atomic E-state index is 0.209. The summed E-state index contributed by atoms with van der Waals surface area (Å²) in [7, 11) is 0. The summed E-state index contributed by atoms with van der Waals surface area (Å²) in [6.45, 7) is 1.70. The van der Waals surface area contributed by atoms with Crippen LogP contribution in [-0.2, 0) is 11.3 Å². The maximum atomic E-state index is 11.1. The zero-order valence-corrected chi connectivity index (χ0v) is 7.67. The molecule has 0 bridgehead atoms. The first kappa shape index (κ1) is 10.2. The lowest BCUT2D eigenvalue weighted by Crippen LogP contribution is -2.21. The molecule has 0 aliphatic heterocycles. The van der Waals surface area contributed by atoms with Gasteiger partial charge in [-0.1, -0.05) is 6.08 Å². The van der Waals surface area contributed by atoms with Crippen molar-refractivity contribution in [2.24, 2.45) is 0 Å². The van der Waals surface area contributed by atoms with E-state index < -0.39 is 5.97 Å². The van der Waals surface area contributed by atoms with Gasteiger partial charge in [0.15, 0.2) is 0 Å². The van der Waals surface area contributed by atoms with Gasteiger partial charge in [0.05, 0.1) is 0 Å². The lowest BCUT2D eigenvalue weighted by Gasteiger charge is -1.99. The van der Waals surface area contributed by atoms with Gasteiger partial charge in [-0.2, -0.15) is 0 Å². The largest absolute Gasteiger partial charge is 0.478 e. The van der Waals surface area contributed by atoms with Crippen molar-refractivity contribution in [3.8, 4) is 0 Å². The van der Waals surface area contributed by atoms with Crippen molar-refractivity contribution in [2.75, 3.05) is 0 Å². The second kappa shape index (κ2) is 4.36. The highest BCUT2D eigenvalue weighted by molar-refractivity contribution is 5.85. The van der Waals surface area contributed by atoms with Crippen molar-refractivity contribution in [3.05, 3.63) is 40.6 Å². The number of hydrogen-bond donors (Lipinski definition) is 1. The summed E-state index contributed by atoms with van der Waals surface area (Å²) in [5.41, 5.74) is -0.178. The van der Waals surface area contributed by atoms with E-state index in [-0.39, 0.29) is 17.8 Å². The smallest absolute Gasteiger partial charge is 0.347 e. The number of carbonyl (C=O) groups is 1. The number of hydrogen-bond acceptors (Lipinski definition) is 3. The molecule has 1 rings (SSSR count). The number of rotatable bonds is 3. The number of carboxylic acids is 1. The SMILES string of the molecule is C/C(=C/Cn1cccnc1=O)C(=O)O. The molecule has 1 heterocycles. The Labute approximate surface area is 80.3 Å². The summed E-state index contributed by atoms with van der Waals surface area (Å²) in [5.74, 6) is -0.984. The predicted molar refractivity (Wildman–Crippen MR) is 49.9 cm³/mol. The van der Waals surface area contributed by atoms with Crippen LogP contribution in [0.1, 0.15) is 6.92 Å². The fourth-order valence-electron chi connectivity index (χ4n) is 0.849. The fourth-order valence-corrected chi connectivity index (χ4v) is 0.849. The van der Waals surface area contributed by atoms with Crippen molar-refractivity contribution < 1.29 is 9.90 Å². The third kappa shape index (κ3) is 2.55. The van der Waals surface area contributed by atoms with Gasteiger partial charge in [-0.3, -0.25) is 4.57 Å². The van der Waals surface area contributed by atoms with Crippen molar-refractivity contribution in [3.63, 3.8) is 0 Å². The number of carboxylic acid groups (broad SMARTS) is 1. The standard InChI is InChI=1S/C9H10N2O3/c1-7(8(12)13)3-6-11-5-2-4-10-9(11)14/h2-5H,6H2,1H3,(H,12,13)/b7-3-. The zero-order valence-electron chi connectivity index (χ0n) is 7.67. The molecule has 0 unspecified atom stereocenters. The zero-order chi connectivity index (χ0) is 10.6. The van der Waals surface area contributed by atoms with Crippen LogP contribution in [0.25, 0.3) is 0 Å². The van der Waals surface area contributed by atoms with Crippen molar-refractivity contribution in [2.45, 2.75) is 13.5 Å². The molecule has 0 amide bonds. The third-order valence-corrected chi connectivity index (χ3v) is 1.71. The molecular formula is C9H10N2O3. The van der Waals surface area contributed by atoms with Gasteiger partial charge in [0.1, 0.15) is 0 Å². The van der Waals surface area contributed by atoms with E-state index in [1.165, 1.54) is 23.8 Å². The average molecular weight is 194 g/mol. The predicted octanol–water partition coefficient (Wildman–Crippen LogP) is 0.274. The molecule has 0 radical (unpaired) electrons. The van der Waals surface area contributed by atoms with E-state index in [2.05, 4.69) is 4.98 Å². The Kier molecular flexibility index (Phi) is 3.17. The molecule has 0 saturated heterocycles. The van der Waals surface area contributed by atoms with Crippen LogP contribution in [-0.4, -0.2) is 20.6 Å². The molecular weight excluding hydrogens is 184 g/mol. The first-order valence-electron chi connectivity index (χ1n) is 4.03. The summed E-state index contributed by atoms with van der Waals surface area (Å²) in [5, 5.41) is 8.56. The van der Waals surface area contributed by atoms with E-state index >= 15 is 0 Å². The summed E-state index contributed by atoms with van der Waals surface area (Å²) >= 11 is 0. The molecule has 1 aromatic rings. The van der Waals surface area contributed by atoms with Crippen LogP contribution < -0.4 is 5.69 Å². The van der Waals surface area contributed by atoms with Crippen LogP contribution in [0.5, 0.6) is 0 Å². The van der Waals surface area contributed by atoms with E-state index in [0.717, 1.165) is 0 Å². The molecule has 0 aliphatic carbocycles. The summed E-state index contributed by atoms with van der Waals surface area (Å²) < 4.78 is 1.33. The van der Waals surface area contributed by atoms with E-state index in [1.54, 1.807) is 12.3 Å². The summed E-state index contributed by atoms with van der Waals surface area (Å²) in [6.07, 6.45) is 4.42. The topological polar surface area (TPSA) is 72.2 Å². The highest BCUT2D eigenvalue weighted by Gasteiger charge is 1.99. The molecule has 0 fully saturated rings. The van der Waals surface area contributed by atoms with Gasteiger partial charge in [0, 0.05) is 24.5 Å². The first-order valence-corrected chi connectivity index (χ1v) is 4.03. The lowest BCUT2D eigenvalue weighted by atomic mass is 10.3. The maximum absolute atomic E-state index is 11.1. The van der Waals surface area contributed by atoms with Gasteiger partial charge in [-0.25, -0.2) is 14.6 Å². The van der Waals surface area contributed by atoms with Crippen LogP contribution >= 0.6 is 0 Å². The van der Waals surface area contributed by atoms with E-state index in [0.29, 0.717) is 0 Å². The molecule has 1 aromatic heterocycles.